The number of nitrogens with zero attached hydrogens (tertiary/aromatic N) is 1. The van der Waals surface area contributed by atoms with Gasteiger partial charge in [0.15, 0.2) is 0 Å². The summed E-state index contributed by atoms with van der Waals surface area (Å²) >= 11 is 0. The summed E-state index contributed by atoms with van der Waals surface area (Å²) in [5.74, 6) is 0.281. The molecule has 1 aromatic heterocycles. The molecule has 2 N–H and O–H groups in total. The molecule has 110 valence electrons. The Balaban J connectivity index is 2.01. The Morgan fingerprint density at radius 1 is 1.55 bits per heavy atom. The fourth-order valence-electron chi connectivity index (χ4n) is 2.62. The van der Waals surface area contributed by atoms with E-state index in [1.807, 2.05) is 6.92 Å². The predicted molar refractivity (Wildman–Crippen MR) is 75.5 cm³/mol. The molecule has 0 radical (unpaired) electrons. The number of rotatable bonds is 5. The molecule has 1 unspecified atom stereocenters. The average Bonchev–Trinajstić information content (AvgIpc) is 2.47. The number of aliphatic hydroxyl groups excluding tert-OH is 1. The van der Waals surface area contributed by atoms with Gasteiger partial charge in [-0.3, -0.25) is 9.78 Å². The van der Waals surface area contributed by atoms with Crippen LogP contribution in [0.15, 0.2) is 18.3 Å². The lowest BCUT2D eigenvalue weighted by molar-refractivity contribution is 0.0479. The molecule has 1 aliphatic rings. The number of aromatic nitrogens is 1. The van der Waals surface area contributed by atoms with Gasteiger partial charge in [0.25, 0.3) is 5.91 Å². The molecule has 20 heavy (non-hydrogen) atoms. The van der Waals surface area contributed by atoms with Crippen molar-refractivity contribution in [3.8, 4) is 0 Å². The summed E-state index contributed by atoms with van der Waals surface area (Å²) in [7, 11) is 0. The van der Waals surface area contributed by atoms with E-state index in [1.165, 1.54) is 0 Å². The van der Waals surface area contributed by atoms with E-state index >= 15 is 0 Å². The van der Waals surface area contributed by atoms with E-state index in [9.17, 15) is 9.90 Å². The van der Waals surface area contributed by atoms with E-state index in [-0.39, 0.29) is 18.6 Å². The van der Waals surface area contributed by atoms with Crippen LogP contribution in [0.1, 0.15) is 35.3 Å². The number of hydrogen-bond donors (Lipinski definition) is 2. The van der Waals surface area contributed by atoms with Gasteiger partial charge in [-0.05, 0) is 44.2 Å². The van der Waals surface area contributed by atoms with Crippen molar-refractivity contribution in [2.45, 2.75) is 32.2 Å². The first-order chi connectivity index (χ1) is 9.70. The highest BCUT2D eigenvalue weighted by molar-refractivity contribution is 5.94. The molecule has 1 amide bonds. The third-order valence-corrected chi connectivity index (χ3v) is 3.75. The molecule has 1 fully saturated rings. The lowest BCUT2D eigenvalue weighted by Gasteiger charge is -2.30. The molecule has 5 heteroatoms. The highest BCUT2D eigenvalue weighted by atomic mass is 16.5. The van der Waals surface area contributed by atoms with Crippen molar-refractivity contribution in [1.82, 2.24) is 10.3 Å². The topological polar surface area (TPSA) is 71.5 Å². The second-order valence-corrected chi connectivity index (χ2v) is 5.23. The standard InChI is InChI=1S/C15H22N2O3/c1-11-10-13(2-6-16-11)15(19)17-14(3-7-18)12-4-8-20-9-5-12/h2,6,10,12,14,18H,3-5,7-9H2,1H3,(H,17,19). The Morgan fingerprint density at radius 3 is 2.95 bits per heavy atom. The normalized spacial score (nSPS) is 17.7. The van der Waals surface area contributed by atoms with Crippen molar-refractivity contribution in [2.75, 3.05) is 19.8 Å². The summed E-state index contributed by atoms with van der Waals surface area (Å²) in [4.78, 5) is 16.4. The predicted octanol–water partition coefficient (Wildman–Crippen LogP) is 1.30. The van der Waals surface area contributed by atoms with Crippen LogP contribution in [0.2, 0.25) is 0 Å². The maximum absolute atomic E-state index is 12.3. The largest absolute Gasteiger partial charge is 0.396 e. The van der Waals surface area contributed by atoms with Crippen LogP contribution in [-0.2, 0) is 4.74 Å². The first kappa shape index (κ1) is 14.9. The zero-order valence-electron chi connectivity index (χ0n) is 11.8. The molecule has 0 spiro atoms. The van der Waals surface area contributed by atoms with Gasteiger partial charge in [-0.2, -0.15) is 0 Å². The minimum absolute atomic E-state index is 0.00451. The number of pyridine rings is 1. The van der Waals surface area contributed by atoms with Gasteiger partial charge in [0, 0.05) is 43.3 Å². The second-order valence-electron chi connectivity index (χ2n) is 5.23. The van der Waals surface area contributed by atoms with Crippen molar-refractivity contribution < 1.29 is 14.6 Å². The number of aliphatic hydroxyl groups is 1. The molecule has 2 rings (SSSR count). The zero-order chi connectivity index (χ0) is 14.4. The summed E-state index contributed by atoms with van der Waals surface area (Å²) < 4.78 is 5.35. The third-order valence-electron chi connectivity index (χ3n) is 3.75. The fourth-order valence-corrected chi connectivity index (χ4v) is 2.62. The average molecular weight is 278 g/mol. The van der Waals surface area contributed by atoms with Crippen molar-refractivity contribution >= 4 is 5.91 Å². The van der Waals surface area contributed by atoms with E-state index in [0.29, 0.717) is 17.9 Å². The summed E-state index contributed by atoms with van der Waals surface area (Å²) in [5.41, 5.74) is 1.44. The fraction of sp³-hybridized carbons (Fsp3) is 0.600. The molecular formula is C15H22N2O3. The van der Waals surface area contributed by atoms with Gasteiger partial charge in [0.1, 0.15) is 0 Å². The van der Waals surface area contributed by atoms with Crippen molar-refractivity contribution in [2.24, 2.45) is 5.92 Å². The van der Waals surface area contributed by atoms with Crippen molar-refractivity contribution in [1.29, 1.82) is 0 Å². The number of ether oxygens (including phenoxy) is 1. The minimum Gasteiger partial charge on any atom is -0.396 e. The molecule has 2 heterocycles. The van der Waals surface area contributed by atoms with E-state index < -0.39 is 0 Å². The Bertz CT molecular complexity index is 444. The Hall–Kier alpha value is -1.46. The molecule has 1 saturated heterocycles. The molecule has 1 aliphatic heterocycles. The molecule has 0 saturated carbocycles. The molecule has 1 aromatic rings. The zero-order valence-corrected chi connectivity index (χ0v) is 11.8. The summed E-state index contributed by atoms with van der Waals surface area (Å²) in [6, 6.07) is 3.49. The van der Waals surface area contributed by atoms with E-state index in [4.69, 9.17) is 4.74 Å². The van der Waals surface area contributed by atoms with E-state index in [0.717, 1.165) is 31.7 Å². The smallest absolute Gasteiger partial charge is 0.251 e. The SMILES string of the molecule is Cc1cc(C(=O)NC(CCO)C2CCOCC2)ccn1. The van der Waals surface area contributed by atoms with Gasteiger partial charge in [-0.1, -0.05) is 0 Å². The second kappa shape index (κ2) is 7.36. The number of amides is 1. The van der Waals surface area contributed by atoms with Crippen LogP contribution in [0.4, 0.5) is 0 Å². The van der Waals surface area contributed by atoms with Crippen LogP contribution < -0.4 is 5.32 Å². The van der Waals surface area contributed by atoms with E-state index in [1.54, 1.807) is 18.3 Å². The van der Waals surface area contributed by atoms with Crippen molar-refractivity contribution in [3.63, 3.8) is 0 Å². The van der Waals surface area contributed by atoms with Crippen LogP contribution in [-0.4, -0.2) is 41.9 Å². The van der Waals surface area contributed by atoms with Gasteiger partial charge in [0.05, 0.1) is 0 Å². The minimum atomic E-state index is -0.0968. The van der Waals surface area contributed by atoms with E-state index in [2.05, 4.69) is 10.3 Å². The lowest BCUT2D eigenvalue weighted by Crippen LogP contribution is -2.43. The highest BCUT2D eigenvalue weighted by Crippen LogP contribution is 2.21. The van der Waals surface area contributed by atoms with Crippen molar-refractivity contribution in [3.05, 3.63) is 29.6 Å². The number of carbonyl (C=O) groups excluding carboxylic acids is 1. The quantitative estimate of drug-likeness (QED) is 0.851. The molecule has 0 aliphatic carbocycles. The third kappa shape index (κ3) is 4.02. The monoisotopic (exact) mass is 278 g/mol. The summed E-state index contributed by atoms with van der Waals surface area (Å²) in [5, 5.41) is 12.3. The van der Waals surface area contributed by atoms with Gasteiger partial charge >= 0.3 is 0 Å². The van der Waals surface area contributed by atoms with Crippen LogP contribution in [0.5, 0.6) is 0 Å². The molecule has 0 aromatic carbocycles. The summed E-state index contributed by atoms with van der Waals surface area (Å²) in [6.07, 6.45) is 4.08. The first-order valence-corrected chi connectivity index (χ1v) is 7.13. The highest BCUT2D eigenvalue weighted by Gasteiger charge is 2.25. The van der Waals surface area contributed by atoms with Gasteiger partial charge in [-0.25, -0.2) is 0 Å². The van der Waals surface area contributed by atoms with Gasteiger partial charge in [0.2, 0.25) is 0 Å². The van der Waals surface area contributed by atoms with Crippen LogP contribution in [0.3, 0.4) is 0 Å². The van der Waals surface area contributed by atoms with Gasteiger partial charge < -0.3 is 15.2 Å². The Morgan fingerprint density at radius 2 is 2.30 bits per heavy atom. The maximum Gasteiger partial charge on any atom is 0.251 e. The van der Waals surface area contributed by atoms with Gasteiger partial charge in [-0.15, -0.1) is 0 Å². The maximum atomic E-state index is 12.3. The molecule has 5 nitrogen and oxygen atoms in total. The Kier molecular flexibility index (Phi) is 5.49. The number of hydrogen-bond acceptors (Lipinski definition) is 4. The summed E-state index contributed by atoms with van der Waals surface area (Å²) in [6.45, 7) is 3.41. The van der Waals surface area contributed by atoms with Crippen LogP contribution >= 0.6 is 0 Å². The van der Waals surface area contributed by atoms with Crippen LogP contribution in [0.25, 0.3) is 0 Å². The lowest BCUT2D eigenvalue weighted by atomic mass is 9.89. The molecule has 1 atom stereocenters. The van der Waals surface area contributed by atoms with Crippen LogP contribution in [0, 0.1) is 12.8 Å². The molecule has 0 bridgehead atoms. The number of carbonyl (C=O) groups is 1. The molecular weight excluding hydrogens is 256 g/mol. The Labute approximate surface area is 119 Å². The number of aryl methyl sites for hydroxylation is 1. The first-order valence-electron chi connectivity index (χ1n) is 7.13. The number of nitrogens with one attached hydrogen (secondary N) is 1.